The molecule has 122 valence electrons. The van der Waals surface area contributed by atoms with Crippen LogP contribution in [-0.4, -0.2) is 42.0 Å². The van der Waals surface area contributed by atoms with Crippen LogP contribution in [0.15, 0.2) is 40.6 Å². The average Bonchev–Trinajstić information content (AvgIpc) is 3.26. The Kier molecular flexibility index (Phi) is 5.60. The van der Waals surface area contributed by atoms with Crippen molar-refractivity contribution >= 4 is 23.3 Å². The van der Waals surface area contributed by atoms with E-state index in [2.05, 4.69) is 21.3 Å². The molecule has 0 spiro atoms. The third kappa shape index (κ3) is 4.77. The van der Waals surface area contributed by atoms with E-state index in [9.17, 15) is 4.79 Å². The maximum Gasteiger partial charge on any atom is 0.263 e. The molecule has 2 aromatic rings. The molecule has 2 aromatic heterocycles. The Bertz CT molecular complexity index is 622. The van der Waals surface area contributed by atoms with Crippen molar-refractivity contribution < 1.29 is 9.21 Å². The van der Waals surface area contributed by atoms with Crippen molar-refractivity contribution in [1.82, 2.24) is 15.2 Å². The Morgan fingerprint density at radius 3 is 3.30 bits per heavy atom. The Balaban J connectivity index is 1.42. The summed E-state index contributed by atoms with van der Waals surface area (Å²) in [4.78, 5) is 19.0. The number of nitrogens with zero attached hydrogens (tertiary/aromatic N) is 2. The summed E-state index contributed by atoms with van der Waals surface area (Å²) in [6, 6.07) is 3.84. The summed E-state index contributed by atoms with van der Waals surface area (Å²) in [6.07, 6.45) is 9.79. The average molecular weight is 331 g/mol. The van der Waals surface area contributed by atoms with Crippen LogP contribution in [0.25, 0.3) is 6.08 Å². The van der Waals surface area contributed by atoms with Gasteiger partial charge in [-0.3, -0.25) is 14.7 Å². The Hall–Kier alpha value is -1.92. The number of hydrogen-bond acceptors (Lipinski definition) is 5. The molecule has 1 aliphatic heterocycles. The predicted molar refractivity (Wildman–Crippen MR) is 91.4 cm³/mol. The minimum atomic E-state index is -0.0117. The summed E-state index contributed by atoms with van der Waals surface area (Å²) in [7, 11) is 0. The Labute approximate surface area is 140 Å². The number of aromatic nitrogens is 1. The van der Waals surface area contributed by atoms with Gasteiger partial charge in [-0.25, -0.2) is 0 Å². The van der Waals surface area contributed by atoms with Gasteiger partial charge < -0.3 is 9.73 Å². The van der Waals surface area contributed by atoms with E-state index >= 15 is 0 Å². The van der Waals surface area contributed by atoms with Crippen molar-refractivity contribution in [3.63, 3.8) is 0 Å². The lowest BCUT2D eigenvalue weighted by molar-refractivity contribution is 0.0938. The molecular weight excluding hydrogens is 310 g/mol. The number of furan rings is 1. The van der Waals surface area contributed by atoms with Crippen LogP contribution >= 0.6 is 11.3 Å². The first-order valence-electron chi connectivity index (χ1n) is 7.90. The highest BCUT2D eigenvalue weighted by atomic mass is 32.1. The molecule has 1 amide bonds. The van der Waals surface area contributed by atoms with Crippen molar-refractivity contribution in [2.75, 3.05) is 26.2 Å². The first kappa shape index (κ1) is 16.0. The lowest BCUT2D eigenvalue weighted by atomic mass is 9.98. The third-order valence-electron chi connectivity index (χ3n) is 4.00. The summed E-state index contributed by atoms with van der Waals surface area (Å²) >= 11 is 1.38. The number of hydrogen-bond donors (Lipinski definition) is 1. The fourth-order valence-corrected chi connectivity index (χ4v) is 3.38. The van der Waals surface area contributed by atoms with Crippen molar-refractivity contribution in [2.24, 2.45) is 5.92 Å². The fourth-order valence-electron chi connectivity index (χ4n) is 2.84. The highest BCUT2D eigenvalue weighted by Crippen LogP contribution is 2.16. The topological polar surface area (TPSA) is 58.4 Å². The molecule has 3 heterocycles. The van der Waals surface area contributed by atoms with Gasteiger partial charge in [0.15, 0.2) is 0 Å². The normalized spacial score (nSPS) is 19.2. The molecule has 1 unspecified atom stereocenters. The number of piperidine rings is 1. The molecule has 5 nitrogen and oxygen atoms in total. The summed E-state index contributed by atoms with van der Waals surface area (Å²) in [5.41, 5.74) is 1.68. The summed E-state index contributed by atoms with van der Waals surface area (Å²) in [5, 5.41) is 3.03. The monoisotopic (exact) mass is 331 g/mol. The number of nitrogens with one attached hydrogen (secondary N) is 1. The molecule has 3 rings (SSSR count). The van der Waals surface area contributed by atoms with Gasteiger partial charge in [0, 0.05) is 19.6 Å². The van der Waals surface area contributed by atoms with Crippen molar-refractivity contribution in [3.05, 3.63) is 46.8 Å². The van der Waals surface area contributed by atoms with Crippen LogP contribution in [0.4, 0.5) is 0 Å². The van der Waals surface area contributed by atoms with E-state index in [1.54, 1.807) is 18.0 Å². The van der Waals surface area contributed by atoms with Gasteiger partial charge in [-0.05, 0) is 43.5 Å². The second-order valence-corrected chi connectivity index (χ2v) is 6.65. The van der Waals surface area contributed by atoms with Crippen molar-refractivity contribution in [2.45, 2.75) is 12.8 Å². The van der Waals surface area contributed by atoms with Crippen LogP contribution in [0.1, 0.15) is 28.3 Å². The second kappa shape index (κ2) is 8.08. The smallest absolute Gasteiger partial charge is 0.263 e. The van der Waals surface area contributed by atoms with Gasteiger partial charge in [-0.2, -0.15) is 0 Å². The SMILES string of the molecule is O=C(NCC1CCCN(C/C=C/c2ccco2)C1)c1cncs1. The molecule has 0 bridgehead atoms. The molecule has 23 heavy (non-hydrogen) atoms. The number of carbonyl (C=O) groups excluding carboxylic acids is 1. The molecule has 0 aromatic carbocycles. The zero-order valence-electron chi connectivity index (χ0n) is 13.0. The van der Waals surface area contributed by atoms with Crippen molar-refractivity contribution in [3.8, 4) is 0 Å². The third-order valence-corrected chi connectivity index (χ3v) is 4.77. The van der Waals surface area contributed by atoms with Crippen molar-refractivity contribution in [1.29, 1.82) is 0 Å². The summed E-state index contributed by atoms with van der Waals surface area (Å²) < 4.78 is 5.29. The number of likely N-dealkylation sites (tertiary alicyclic amines) is 1. The first-order valence-corrected chi connectivity index (χ1v) is 8.78. The number of thiazole rings is 1. The lowest BCUT2D eigenvalue weighted by Gasteiger charge is -2.32. The van der Waals surface area contributed by atoms with Gasteiger partial charge in [0.2, 0.25) is 0 Å². The van der Waals surface area contributed by atoms with E-state index in [0.717, 1.165) is 31.9 Å². The summed E-state index contributed by atoms with van der Waals surface area (Å²) in [6.45, 7) is 3.78. The number of amides is 1. The molecule has 1 N–H and O–H groups in total. The Morgan fingerprint density at radius 1 is 1.57 bits per heavy atom. The molecule has 6 heteroatoms. The van der Waals surface area contributed by atoms with Gasteiger partial charge in [0.05, 0.1) is 18.0 Å². The predicted octanol–water partition coefficient (Wildman–Crippen LogP) is 2.89. The van der Waals surface area contributed by atoms with Crippen LogP contribution in [0.2, 0.25) is 0 Å². The van der Waals surface area contributed by atoms with E-state index < -0.39 is 0 Å². The van der Waals surface area contributed by atoms with E-state index in [4.69, 9.17) is 4.42 Å². The van der Waals surface area contributed by atoms with Crippen LogP contribution in [-0.2, 0) is 0 Å². The van der Waals surface area contributed by atoms with Gasteiger partial charge >= 0.3 is 0 Å². The minimum absolute atomic E-state index is 0.0117. The molecule has 1 aliphatic rings. The molecule has 1 atom stereocenters. The maximum atomic E-state index is 12.0. The second-order valence-electron chi connectivity index (χ2n) is 5.76. The highest BCUT2D eigenvalue weighted by Gasteiger charge is 2.20. The van der Waals surface area contributed by atoms with E-state index in [1.807, 2.05) is 18.2 Å². The van der Waals surface area contributed by atoms with Crippen LogP contribution in [0, 0.1) is 5.92 Å². The van der Waals surface area contributed by atoms with Crippen LogP contribution in [0.5, 0.6) is 0 Å². The molecule has 0 radical (unpaired) electrons. The van der Waals surface area contributed by atoms with Gasteiger partial charge in [0.1, 0.15) is 10.6 Å². The quantitative estimate of drug-likeness (QED) is 0.884. The van der Waals surface area contributed by atoms with E-state index in [0.29, 0.717) is 10.8 Å². The molecule has 1 saturated heterocycles. The first-order chi connectivity index (χ1) is 11.3. The highest BCUT2D eigenvalue weighted by molar-refractivity contribution is 7.11. The minimum Gasteiger partial charge on any atom is -0.465 e. The fraction of sp³-hybridized carbons (Fsp3) is 0.412. The maximum absolute atomic E-state index is 12.0. The molecule has 0 aliphatic carbocycles. The van der Waals surface area contributed by atoms with E-state index in [-0.39, 0.29) is 5.91 Å². The van der Waals surface area contributed by atoms with Gasteiger partial charge in [0.25, 0.3) is 5.91 Å². The van der Waals surface area contributed by atoms with Crippen LogP contribution < -0.4 is 5.32 Å². The molecule has 0 saturated carbocycles. The lowest BCUT2D eigenvalue weighted by Crippen LogP contribution is -2.40. The standard InChI is InChI=1S/C17H21N3O2S/c21-17(16-11-18-13-23-16)19-10-14-4-1-7-20(12-14)8-2-5-15-6-3-9-22-15/h2-3,5-6,9,11,13-14H,1,4,7-8,10,12H2,(H,19,21)/b5-2+. The molecule has 1 fully saturated rings. The summed E-state index contributed by atoms with van der Waals surface area (Å²) in [5.74, 6) is 1.38. The Morgan fingerprint density at radius 2 is 2.52 bits per heavy atom. The molecular formula is C17H21N3O2S. The largest absolute Gasteiger partial charge is 0.465 e. The van der Waals surface area contributed by atoms with Gasteiger partial charge in [-0.15, -0.1) is 11.3 Å². The zero-order chi connectivity index (χ0) is 15.9. The number of carbonyl (C=O) groups is 1. The number of rotatable bonds is 6. The van der Waals surface area contributed by atoms with E-state index in [1.165, 1.54) is 24.2 Å². The van der Waals surface area contributed by atoms with Crippen LogP contribution in [0.3, 0.4) is 0 Å². The zero-order valence-corrected chi connectivity index (χ0v) is 13.8. The van der Waals surface area contributed by atoms with Gasteiger partial charge in [-0.1, -0.05) is 6.08 Å².